The summed E-state index contributed by atoms with van der Waals surface area (Å²) in [6.07, 6.45) is 1.11. The molecule has 114 valence electrons. The highest BCUT2D eigenvalue weighted by Gasteiger charge is 2.38. The lowest BCUT2D eigenvalue weighted by Crippen LogP contribution is -2.49. The number of nitrogens with zero attached hydrogens (tertiary/aromatic N) is 2. The van der Waals surface area contributed by atoms with Crippen molar-refractivity contribution in [3.63, 3.8) is 0 Å². The number of nitrogens with one attached hydrogen (secondary N) is 1. The predicted molar refractivity (Wildman–Crippen MR) is 84.7 cm³/mol. The summed E-state index contributed by atoms with van der Waals surface area (Å²) in [7, 11) is 2.10. The van der Waals surface area contributed by atoms with Crippen LogP contribution < -0.4 is 5.32 Å². The van der Waals surface area contributed by atoms with Crippen molar-refractivity contribution >= 4 is 17.5 Å². The van der Waals surface area contributed by atoms with E-state index >= 15 is 0 Å². The van der Waals surface area contributed by atoms with Crippen LogP contribution in [0.4, 0.5) is 0 Å². The Kier molecular flexibility index (Phi) is 4.48. The molecule has 2 fully saturated rings. The number of halogens is 1. The molecule has 0 spiro atoms. The minimum atomic E-state index is 0.227. The van der Waals surface area contributed by atoms with Crippen molar-refractivity contribution in [3.05, 3.63) is 34.9 Å². The SMILES string of the molecule is CN1CCN(C(=O)CN[C@@H]2C[C@H]2c2ccc(Cl)cc2)CC1. The van der Waals surface area contributed by atoms with E-state index in [0.29, 0.717) is 18.5 Å². The molecule has 1 aliphatic heterocycles. The fourth-order valence-corrected chi connectivity index (χ4v) is 3.01. The molecular weight excluding hydrogens is 286 g/mol. The first-order valence-corrected chi connectivity index (χ1v) is 7.96. The van der Waals surface area contributed by atoms with E-state index in [1.165, 1.54) is 5.56 Å². The molecule has 2 aliphatic rings. The molecule has 5 heteroatoms. The number of amides is 1. The van der Waals surface area contributed by atoms with Gasteiger partial charge in [0.05, 0.1) is 6.54 Å². The Labute approximate surface area is 131 Å². The van der Waals surface area contributed by atoms with Gasteiger partial charge in [-0.1, -0.05) is 23.7 Å². The van der Waals surface area contributed by atoms with Gasteiger partial charge < -0.3 is 15.1 Å². The number of hydrogen-bond acceptors (Lipinski definition) is 3. The topological polar surface area (TPSA) is 35.6 Å². The van der Waals surface area contributed by atoms with E-state index in [9.17, 15) is 4.79 Å². The van der Waals surface area contributed by atoms with Gasteiger partial charge in [-0.25, -0.2) is 0 Å². The molecule has 0 radical (unpaired) electrons. The van der Waals surface area contributed by atoms with Gasteiger partial charge in [-0.2, -0.15) is 0 Å². The van der Waals surface area contributed by atoms with E-state index in [0.717, 1.165) is 37.6 Å². The zero-order valence-electron chi connectivity index (χ0n) is 12.4. The fourth-order valence-electron chi connectivity index (χ4n) is 2.89. The van der Waals surface area contributed by atoms with Gasteiger partial charge in [-0.15, -0.1) is 0 Å². The largest absolute Gasteiger partial charge is 0.339 e. The lowest BCUT2D eigenvalue weighted by Gasteiger charge is -2.32. The van der Waals surface area contributed by atoms with E-state index in [-0.39, 0.29) is 5.91 Å². The average Bonchev–Trinajstić information content (AvgIpc) is 3.26. The maximum absolute atomic E-state index is 12.2. The quantitative estimate of drug-likeness (QED) is 0.917. The minimum Gasteiger partial charge on any atom is -0.339 e. The van der Waals surface area contributed by atoms with Crippen molar-refractivity contribution in [2.45, 2.75) is 18.4 Å². The van der Waals surface area contributed by atoms with Gasteiger partial charge in [0, 0.05) is 43.2 Å². The first-order chi connectivity index (χ1) is 10.1. The molecule has 1 N–H and O–H groups in total. The maximum Gasteiger partial charge on any atom is 0.236 e. The summed E-state index contributed by atoms with van der Waals surface area (Å²) in [6.45, 7) is 4.11. The summed E-state index contributed by atoms with van der Waals surface area (Å²) < 4.78 is 0. The molecule has 1 saturated carbocycles. The molecule has 1 aromatic rings. The standard InChI is InChI=1S/C16H22ClN3O/c1-19-6-8-20(9-7-19)16(21)11-18-15-10-14(15)12-2-4-13(17)5-3-12/h2-5,14-15,18H,6-11H2,1H3/t14-,15+/m0/s1. The highest BCUT2D eigenvalue weighted by Crippen LogP contribution is 2.40. The molecule has 4 nitrogen and oxygen atoms in total. The average molecular weight is 308 g/mol. The van der Waals surface area contributed by atoms with Crippen molar-refractivity contribution in [2.75, 3.05) is 39.8 Å². The highest BCUT2D eigenvalue weighted by molar-refractivity contribution is 6.30. The van der Waals surface area contributed by atoms with E-state index < -0.39 is 0 Å². The molecule has 3 rings (SSSR count). The second-order valence-electron chi connectivity index (χ2n) is 6.07. The van der Waals surface area contributed by atoms with E-state index in [1.54, 1.807) is 0 Å². The van der Waals surface area contributed by atoms with Gasteiger partial charge in [0.1, 0.15) is 0 Å². The minimum absolute atomic E-state index is 0.227. The Balaban J connectivity index is 1.42. The van der Waals surface area contributed by atoms with E-state index in [1.807, 2.05) is 17.0 Å². The fraction of sp³-hybridized carbons (Fsp3) is 0.562. The van der Waals surface area contributed by atoms with Gasteiger partial charge >= 0.3 is 0 Å². The third-order valence-corrected chi connectivity index (χ3v) is 4.71. The van der Waals surface area contributed by atoms with Crippen LogP contribution in [-0.2, 0) is 4.79 Å². The lowest BCUT2D eigenvalue weighted by molar-refractivity contribution is -0.131. The van der Waals surface area contributed by atoms with Crippen LogP contribution >= 0.6 is 11.6 Å². The molecule has 0 bridgehead atoms. The van der Waals surface area contributed by atoms with Crippen LogP contribution in [0, 0.1) is 0 Å². The van der Waals surface area contributed by atoms with Crippen LogP contribution in [0.1, 0.15) is 17.9 Å². The zero-order valence-corrected chi connectivity index (χ0v) is 13.1. The van der Waals surface area contributed by atoms with Gasteiger partial charge in [-0.3, -0.25) is 4.79 Å². The first kappa shape index (κ1) is 14.8. The number of hydrogen-bond donors (Lipinski definition) is 1. The third-order valence-electron chi connectivity index (χ3n) is 4.46. The van der Waals surface area contributed by atoms with Crippen LogP contribution in [0.15, 0.2) is 24.3 Å². The zero-order chi connectivity index (χ0) is 14.8. The molecule has 1 heterocycles. The van der Waals surface area contributed by atoms with Crippen molar-refractivity contribution in [2.24, 2.45) is 0 Å². The van der Waals surface area contributed by atoms with Crippen molar-refractivity contribution in [1.29, 1.82) is 0 Å². The van der Waals surface area contributed by atoms with Crippen LogP contribution in [-0.4, -0.2) is 61.5 Å². The number of carbonyl (C=O) groups excluding carboxylic acids is 1. The van der Waals surface area contributed by atoms with Crippen LogP contribution in [0.5, 0.6) is 0 Å². The molecule has 21 heavy (non-hydrogen) atoms. The molecule has 1 aromatic carbocycles. The summed E-state index contributed by atoms with van der Waals surface area (Å²) in [6, 6.07) is 8.46. The van der Waals surface area contributed by atoms with Crippen LogP contribution in [0.25, 0.3) is 0 Å². The maximum atomic E-state index is 12.2. The lowest BCUT2D eigenvalue weighted by atomic mass is 10.1. The Bertz CT molecular complexity index is 497. The molecule has 1 amide bonds. The predicted octanol–water partition coefficient (Wildman–Crippen LogP) is 1.56. The molecule has 0 aromatic heterocycles. The smallest absolute Gasteiger partial charge is 0.236 e. The van der Waals surface area contributed by atoms with Crippen molar-refractivity contribution in [3.8, 4) is 0 Å². The van der Waals surface area contributed by atoms with E-state index in [4.69, 9.17) is 11.6 Å². The van der Waals surface area contributed by atoms with Gasteiger partial charge in [-0.05, 0) is 31.2 Å². The van der Waals surface area contributed by atoms with Crippen molar-refractivity contribution in [1.82, 2.24) is 15.1 Å². The second kappa shape index (κ2) is 6.34. The molecular formula is C16H22ClN3O. The summed E-state index contributed by atoms with van der Waals surface area (Å²) in [4.78, 5) is 16.4. The monoisotopic (exact) mass is 307 g/mol. The number of benzene rings is 1. The Morgan fingerprint density at radius 2 is 1.90 bits per heavy atom. The van der Waals surface area contributed by atoms with Crippen LogP contribution in [0.2, 0.25) is 5.02 Å². The second-order valence-corrected chi connectivity index (χ2v) is 6.50. The van der Waals surface area contributed by atoms with Crippen LogP contribution in [0.3, 0.4) is 0 Å². The highest BCUT2D eigenvalue weighted by atomic mass is 35.5. The number of likely N-dealkylation sites (N-methyl/N-ethyl adjacent to an activating group) is 1. The summed E-state index contributed by atoms with van der Waals surface area (Å²) in [5.74, 6) is 0.757. The first-order valence-electron chi connectivity index (χ1n) is 7.58. The Morgan fingerprint density at radius 3 is 2.57 bits per heavy atom. The Morgan fingerprint density at radius 1 is 1.24 bits per heavy atom. The molecule has 1 saturated heterocycles. The summed E-state index contributed by atoms with van der Waals surface area (Å²) in [5, 5.41) is 4.16. The normalized spacial score (nSPS) is 25.9. The molecule has 2 atom stereocenters. The van der Waals surface area contributed by atoms with Gasteiger partial charge in [0.15, 0.2) is 0 Å². The number of rotatable bonds is 4. The van der Waals surface area contributed by atoms with Crippen molar-refractivity contribution < 1.29 is 4.79 Å². The van der Waals surface area contributed by atoms with E-state index in [2.05, 4.69) is 29.4 Å². The number of carbonyl (C=O) groups is 1. The van der Waals surface area contributed by atoms with Gasteiger partial charge in [0.2, 0.25) is 5.91 Å². The molecule has 1 aliphatic carbocycles. The van der Waals surface area contributed by atoms with Gasteiger partial charge in [0.25, 0.3) is 0 Å². The Hall–Kier alpha value is -1.10. The summed E-state index contributed by atoms with van der Waals surface area (Å²) in [5.41, 5.74) is 1.31. The summed E-state index contributed by atoms with van der Waals surface area (Å²) >= 11 is 5.90. The number of piperazine rings is 1. The molecule has 0 unspecified atom stereocenters. The third kappa shape index (κ3) is 3.76.